The number of nitro groups is 1. The highest BCUT2D eigenvalue weighted by Gasteiger charge is 2.25. The summed E-state index contributed by atoms with van der Waals surface area (Å²) in [6, 6.07) is 16.2. The monoisotopic (exact) mass is 382 g/mol. The van der Waals surface area contributed by atoms with Crippen LogP contribution in [-0.4, -0.2) is 18.0 Å². The van der Waals surface area contributed by atoms with Crippen molar-refractivity contribution in [1.82, 2.24) is 0 Å². The fraction of sp³-hybridized carbons (Fsp3) is 0.0500. The van der Waals surface area contributed by atoms with Crippen LogP contribution in [0.1, 0.15) is 10.4 Å². The number of esters is 1. The number of halogens is 1. The highest BCUT2D eigenvalue weighted by molar-refractivity contribution is 7.50. The fourth-order valence-corrected chi connectivity index (χ4v) is 5.47. The summed E-state index contributed by atoms with van der Waals surface area (Å²) in [6.07, 6.45) is 0. The van der Waals surface area contributed by atoms with Crippen LogP contribution in [0.3, 0.4) is 0 Å². The van der Waals surface area contributed by atoms with Crippen LogP contribution in [0.5, 0.6) is 0 Å². The Morgan fingerprint density at radius 2 is 1.63 bits per heavy atom. The molecule has 1 unspecified atom stereocenters. The highest BCUT2D eigenvalue weighted by atomic mass is 32.2. The molecule has 7 heteroatoms. The van der Waals surface area contributed by atoms with Crippen LogP contribution in [0.4, 0.5) is 10.1 Å². The molecule has 0 bridgehead atoms. The van der Waals surface area contributed by atoms with Gasteiger partial charge in [-0.25, -0.2) is 9.18 Å². The van der Waals surface area contributed by atoms with E-state index in [1.165, 1.54) is 31.4 Å². The number of thiophene rings is 1. The van der Waals surface area contributed by atoms with E-state index in [1.54, 1.807) is 30.3 Å². The first kappa shape index (κ1) is 17.1. The number of nitro benzene ring substituents is 1. The molecule has 1 heterocycles. The topological polar surface area (TPSA) is 69.4 Å². The lowest BCUT2D eigenvalue weighted by Crippen LogP contribution is -2.00. The van der Waals surface area contributed by atoms with Gasteiger partial charge in [0, 0.05) is 46.2 Å². The molecule has 134 valence electrons. The maximum Gasteiger partial charge on any atom is 0.337 e. The van der Waals surface area contributed by atoms with E-state index in [0.29, 0.717) is 5.56 Å². The zero-order valence-electron chi connectivity index (χ0n) is 14.1. The molecule has 5 nitrogen and oxygen atoms in total. The molecule has 0 fully saturated rings. The molecule has 0 aliphatic rings. The van der Waals surface area contributed by atoms with Crippen molar-refractivity contribution in [1.29, 1.82) is 0 Å². The van der Waals surface area contributed by atoms with Gasteiger partial charge in [-0.2, -0.15) is 0 Å². The van der Waals surface area contributed by atoms with Gasteiger partial charge in [0.25, 0.3) is 5.69 Å². The molecule has 0 aliphatic heterocycles. The zero-order chi connectivity index (χ0) is 19.1. The first-order chi connectivity index (χ1) is 13.0. The predicted octanol–water partition coefficient (Wildman–Crippen LogP) is 5.57. The quantitative estimate of drug-likeness (QED) is 0.201. The van der Waals surface area contributed by atoms with Crippen LogP contribution >= 0.6 is 10.5 Å². The van der Waals surface area contributed by atoms with Crippen molar-refractivity contribution in [3.63, 3.8) is 0 Å². The summed E-state index contributed by atoms with van der Waals surface area (Å²) in [5.74, 6) is -0.824. The lowest BCUT2D eigenvalue weighted by molar-refractivity contribution is -0.384. The van der Waals surface area contributed by atoms with Crippen LogP contribution < -0.4 is 0 Å². The van der Waals surface area contributed by atoms with Crippen LogP contribution in [0.25, 0.3) is 25.1 Å². The number of fused-ring (bicyclic) bond motifs is 3. The number of carbonyl (C=O) groups excluding carboxylic acids is 1. The summed E-state index contributed by atoms with van der Waals surface area (Å²) in [5, 5.41) is 12.4. The lowest BCUT2D eigenvalue weighted by Gasteiger charge is -1.98. The van der Waals surface area contributed by atoms with Gasteiger partial charge in [0.2, 0.25) is 0 Å². The average molecular weight is 382 g/mol. The van der Waals surface area contributed by atoms with Gasteiger partial charge in [0.15, 0.2) is 14.3 Å². The van der Waals surface area contributed by atoms with E-state index in [4.69, 9.17) is 4.74 Å². The third-order valence-corrected chi connectivity index (χ3v) is 6.69. The van der Waals surface area contributed by atoms with Crippen molar-refractivity contribution in [3.8, 4) is 4.90 Å². The van der Waals surface area contributed by atoms with E-state index < -0.39 is 21.4 Å². The van der Waals surface area contributed by atoms with Crippen molar-refractivity contribution >= 4 is 42.3 Å². The minimum absolute atomic E-state index is 0.0159. The Hall–Kier alpha value is -3.32. The maximum atomic E-state index is 13.9. The van der Waals surface area contributed by atoms with Crippen LogP contribution in [0, 0.1) is 15.9 Å². The fourth-order valence-electron chi connectivity index (χ4n) is 3.13. The van der Waals surface area contributed by atoms with E-state index in [0.717, 1.165) is 25.1 Å². The lowest BCUT2D eigenvalue weighted by atomic mass is 10.1. The first-order valence-electron chi connectivity index (χ1n) is 8.00. The van der Waals surface area contributed by atoms with Gasteiger partial charge in [0.1, 0.15) is 5.82 Å². The van der Waals surface area contributed by atoms with E-state index in [-0.39, 0.29) is 11.5 Å². The summed E-state index contributed by atoms with van der Waals surface area (Å²) >= 11 is 0. The van der Waals surface area contributed by atoms with Gasteiger partial charge < -0.3 is 4.74 Å². The largest absolute Gasteiger partial charge is 0.465 e. The number of hydrogen-bond acceptors (Lipinski definition) is 4. The number of benzene rings is 3. The average Bonchev–Trinajstić information content (AvgIpc) is 3.00. The third-order valence-electron chi connectivity index (χ3n) is 4.36. The van der Waals surface area contributed by atoms with Gasteiger partial charge in [-0.15, -0.1) is 0 Å². The van der Waals surface area contributed by atoms with Crippen molar-refractivity contribution in [2.75, 3.05) is 7.11 Å². The zero-order valence-corrected chi connectivity index (χ0v) is 15.0. The second-order valence-electron chi connectivity index (χ2n) is 5.90. The Morgan fingerprint density at radius 1 is 1.00 bits per heavy atom. The number of carbonyl (C=O) groups is 1. The number of non-ortho nitro benzene ring substituents is 1. The second-order valence-corrected chi connectivity index (χ2v) is 7.86. The minimum atomic E-state index is -0.535. The molecule has 1 aromatic heterocycles. The molecule has 0 spiro atoms. The number of methoxy groups -OCH3 is 1. The number of hydrogen-bond donors (Lipinski definition) is 0. The van der Waals surface area contributed by atoms with Gasteiger partial charge >= 0.3 is 5.97 Å². The summed E-state index contributed by atoms with van der Waals surface area (Å²) in [5.41, 5.74) is 0.405. The molecule has 3 aromatic carbocycles. The summed E-state index contributed by atoms with van der Waals surface area (Å²) in [7, 11) is 0.775. The van der Waals surface area contributed by atoms with E-state index in [1.807, 2.05) is 6.07 Å². The predicted molar refractivity (Wildman–Crippen MR) is 103 cm³/mol. The molecule has 27 heavy (non-hydrogen) atoms. The van der Waals surface area contributed by atoms with Crippen molar-refractivity contribution in [3.05, 3.63) is 82.2 Å². The van der Waals surface area contributed by atoms with Crippen LogP contribution in [0.15, 0.2) is 60.7 Å². The molecule has 0 saturated heterocycles. The molecule has 0 aliphatic carbocycles. The number of ether oxygens (including phenoxy) is 1. The van der Waals surface area contributed by atoms with Crippen LogP contribution in [-0.2, 0) is 4.74 Å². The molecular weight excluding hydrogens is 369 g/mol. The smallest absolute Gasteiger partial charge is 0.337 e. The molecule has 4 rings (SSSR count). The van der Waals surface area contributed by atoms with Gasteiger partial charge in [-0.05, 0) is 30.3 Å². The molecule has 0 radical (unpaired) electrons. The summed E-state index contributed by atoms with van der Waals surface area (Å²) < 4.78 is 20.5. The summed E-state index contributed by atoms with van der Waals surface area (Å²) in [6.45, 7) is 0. The van der Waals surface area contributed by atoms with Crippen molar-refractivity contribution in [2.24, 2.45) is 0 Å². The van der Waals surface area contributed by atoms with Crippen LogP contribution in [0.2, 0.25) is 0 Å². The maximum absolute atomic E-state index is 13.9. The van der Waals surface area contributed by atoms with E-state index >= 15 is 0 Å². The minimum Gasteiger partial charge on any atom is -0.465 e. The first-order valence-corrected chi connectivity index (χ1v) is 9.23. The number of rotatable bonds is 3. The molecule has 0 amide bonds. The van der Waals surface area contributed by atoms with Gasteiger partial charge in [-0.1, -0.05) is 0 Å². The van der Waals surface area contributed by atoms with Gasteiger partial charge in [0.05, 0.1) is 23.0 Å². The number of nitrogens with zero attached hydrogens (tertiary/aromatic N) is 1. The molecule has 4 aromatic rings. The van der Waals surface area contributed by atoms with Gasteiger partial charge in [-0.3, -0.25) is 10.1 Å². The Labute approximate surface area is 155 Å². The Balaban J connectivity index is 2.03. The van der Waals surface area contributed by atoms with Crippen molar-refractivity contribution < 1.29 is 18.8 Å². The second kappa shape index (κ2) is 6.44. The molecule has 0 saturated carbocycles. The standard InChI is InChI=1S/C20H13FNO4S/c1-26-20(23)12-2-8-18-16(10-12)17-11-13(21)3-9-19(17)27(18)15-6-4-14(5-7-15)22(24)25/h2-11H,1H3/q+1. The molecule has 0 N–H and O–H groups in total. The normalized spacial score (nSPS) is 11.7. The Bertz CT molecular complexity index is 1210. The molecule has 1 atom stereocenters. The molecular formula is C20H13FNO4S+. The summed E-state index contributed by atoms with van der Waals surface area (Å²) in [4.78, 5) is 23.3. The van der Waals surface area contributed by atoms with E-state index in [9.17, 15) is 19.3 Å². The van der Waals surface area contributed by atoms with Crippen molar-refractivity contribution in [2.45, 2.75) is 0 Å². The highest BCUT2D eigenvalue weighted by Crippen LogP contribution is 2.48. The van der Waals surface area contributed by atoms with E-state index in [2.05, 4.69) is 0 Å². The Morgan fingerprint density at radius 3 is 2.26 bits per heavy atom. The SMILES string of the molecule is COC(=O)c1ccc2c(c1)c1cc(F)ccc1[s+]2-c1ccc([N+](=O)[O-])cc1. The Kier molecular flexibility index (Phi) is 4.08. The third kappa shape index (κ3) is 2.82.